The minimum atomic E-state index is -0.760. The quantitative estimate of drug-likeness (QED) is 0.732. The third-order valence-corrected chi connectivity index (χ3v) is 7.96. The lowest BCUT2D eigenvalue weighted by Gasteiger charge is -2.38. The summed E-state index contributed by atoms with van der Waals surface area (Å²) in [5, 5.41) is 17.5. The van der Waals surface area contributed by atoms with Gasteiger partial charge in [-0.3, -0.25) is 0 Å². The van der Waals surface area contributed by atoms with Crippen LogP contribution in [0, 0.1) is 5.82 Å². The van der Waals surface area contributed by atoms with Crippen molar-refractivity contribution in [3.05, 3.63) is 82.0 Å². The second-order valence-electron chi connectivity index (χ2n) is 6.51. The van der Waals surface area contributed by atoms with Gasteiger partial charge >= 0.3 is 0 Å². The van der Waals surface area contributed by atoms with Gasteiger partial charge in [-0.05, 0) is 47.1 Å². The second kappa shape index (κ2) is 7.70. The molecule has 1 heterocycles. The van der Waals surface area contributed by atoms with Crippen LogP contribution in [0.2, 0.25) is 0 Å². The number of aryl methyl sites for hydroxylation is 1. The summed E-state index contributed by atoms with van der Waals surface area (Å²) in [6.07, 6.45) is 3.12. The van der Waals surface area contributed by atoms with Crippen LogP contribution in [0.3, 0.4) is 0 Å². The van der Waals surface area contributed by atoms with Crippen LogP contribution in [0.1, 0.15) is 34.8 Å². The normalized spacial score (nSPS) is 24.0. The molecule has 6 heteroatoms. The zero-order chi connectivity index (χ0) is 18.9. The third kappa shape index (κ3) is 3.42. The fourth-order valence-corrected chi connectivity index (χ4v) is 6.32. The molecule has 0 spiro atoms. The van der Waals surface area contributed by atoms with Crippen molar-refractivity contribution in [1.29, 1.82) is 0 Å². The van der Waals surface area contributed by atoms with E-state index in [1.807, 2.05) is 5.41 Å². The Hall–Kier alpha value is -1.76. The summed E-state index contributed by atoms with van der Waals surface area (Å²) in [6, 6.07) is 12.5. The highest BCUT2D eigenvalue weighted by Crippen LogP contribution is 2.57. The van der Waals surface area contributed by atoms with Gasteiger partial charge < -0.3 is 9.94 Å². The first-order valence-corrected chi connectivity index (χ1v) is 10.6. The van der Waals surface area contributed by atoms with Crippen molar-refractivity contribution in [2.75, 3.05) is 12.9 Å². The molecule has 140 valence electrons. The number of benzene rings is 2. The highest BCUT2D eigenvalue weighted by atomic mass is 32.2. The first-order chi connectivity index (χ1) is 13.1. The zero-order valence-corrected chi connectivity index (χ0v) is 16.5. The van der Waals surface area contributed by atoms with Crippen LogP contribution in [-0.2, 0) is 15.3 Å². The smallest absolute Gasteiger partial charge is 0.123 e. The van der Waals surface area contributed by atoms with E-state index >= 15 is 0 Å². The Morgan fingerprint density at radius 2 is 2.00 bits per heavy atom. The van der Waals surface area contributed by atoms with Crippen LogP contribution in [-0.4, -0.2) is 23.7 Å². The predicted octanol–water partition coefficient (Wildman–Crippen LogP) is 5.00. The molecule has 0 aromatic heterocycles. The molecule has 2 atom stereocenters. The molecule has 27 heavy (non-hydrogen) atoms. The molecule has 4 rings (SSSR count). The minimum Gasteiger partial charge on any atom is -0.399 e. The molecule has 2 unspecified atom stereocenters. The van der Waals surface area contributed by atoms with Gasteiger partial charge in [0.1, 0.15) is 23.1 Å². The fraction of sp³-hybridized carbons (Fsp3) is 0.286. The topological polar surface area (TPSA) is 41.8 Å². The Kier molecular flexibility index (Phi) is 5.30. The van der Waals surface area contributed by atoms with E-state index < -0.39 is 10.2 Å². The Bertz CT molecular complexity index is 898. The number of hydrogen-bond acceptors (Lipinski definition) is 5. The van der Waals surface area contributed by atoms with Crippen molar-refractivity contribution < 1.29 is 14.3 Å². The van der Waals surface area contributed by atoms with E-state index in [4.69, 9.17) is 4.84 Å². The van der Waals surface area contributed by atoms with Gasteiger partial charge in [-0.2, -0.15) is 0 Å². The minimum absolute atomic E-state index is 0.300. The summed E-state index contributed by atoms with van der Waals surface area (Å²) in [4.78, 5) is 4.95. The Morgan fingerprint density at radius 1 is 1.19 bits per heavy atom. The molecule has 1 aliphatic heterocycles. The van der Waals surface area contributed by atoms with Gasteiger partial charge in [0.25, 0.3) is 0 Å². The summed E-state index contributed by atoms with van der Waals surface area (Å²) in [5.74, 6) is 0.518. The molecule has 0 saturated carbocycles. The van der Waals surface area contributed by atoms with Crippen molar-refractivity contribution in [2.45, 2.75) is 23.0 Å². The maximum Gasteiger partial charge on any atom is 0.123 e. The first-order valence-electron chi connectivity index (χ1n) is 8.78. The number of nitrogens with zero attached hydrogens (tertiary/aromatic N) is 1. The first kappa shape index (κ1) is 18.6. The van der Waals surface area contributed by atoms with Crippen LogP contribution >= 0.6 is 23.5 Å². The van der Waals surface area contributed by atoms with Gasteiger partial charge in [-0.25, -0.2) is 4.39 Å². The monoisotopic (exact) mass is 401 g/mol. The van der Waals surface area contributed by atoms with Gasteiger partial charge in [0.2, 0.25) is 0 Å². The summed E-state index contributed by atoms with van der Waals surface area (Å²) in [6.45, 7) is 0. The Morgan fingerprint density at radius 3 is 2.70 bits per heavy atom. The number of halogens is 1. The largest absolute Gasteiger partial charge is 0.399 e. The molecule has 0 fully saturated rings. The van der Waals surface area contributed by atoms with Crippen molar-refractivity contribution >= 4 is 29.2 Å². The van der Waals surface area contributed by atoms with Crippen LogP contribution in [0.4, 0.5) is 4.39 Å². The molecule has 1 aliphatic carbocycles. The van der Waals surface area contributed by atoms with Gasteiger partial charge in [0.15, 0.2) is 0 Å². The summed E-state index contributed by atoms with van der Waals surface area (Å²) in [5.41, 5.74) is 5.10. The Balaban J connectivity index is 1.76. The maximum absolute atomic E-state index is 13.3. The van der Waals surface area contributed by atoms with Gasteiger partial charge in [-0.15, -0.1) is 23.5 Å². The number of fused-ring (bicyclic) bond motifs is 1. The van der Waals surface area contributed by atoms with E-state index in [1.165, 1.54) is 17.7 Å². The lowest BCUT2D eigenvalue weighted by Crippen LogP contribution is -2.28. The SMILES string of the molecule is CON=C1CCc2cc(C3(C(O)c4ccc(F)cc4)SC=CCS3)ccc21. The Labute approximate surface area is 166 Å². The number of thioether (sulfide) groups is 2. The van der Waals surface area contributed by atoms with E-state index in [-0.39, 0.29) is 5.82 Å². The number of aliphatic hydroxyl groups is 1. The molecule has 3 nitrogen and oxygen atoms in total. The molecular formula is C21H20FNO2S2. The third-order valence-electron chi connectivity index (χ3n) is 4.93. The molecule has 2 aromatic carbocycles. The van der Waals surface area contributed by atoms with E-state index in [2.05, 4.69) is 29.4 Å². The lowest BCUT2D eigenvalue weighted by atomic mass is 9.97. The average Bonchev–Trinajstić information content (AvgIpc) is 3.11. The van der Waals surface area contributed by atoms with Gasteiger partial charge in [-0.1, -0.05) is 41.6 Å². The standard InChI is InChI=1S/C21H20FNO2S2/c1-25-23-19-10-5-15-13-16(6-9-18(15)19)21(26-11-2-12-27-21)20(24)14-3-7-17(22)8-4-14/h2-4,6-9,11,13,20,24H,5,10,12H2,1H3. The van der Waals surface area contributed by atoms with Crippen molar-refractivity contribution in [2.24, 2.45) is 5.16 Å². The van der Waals surface area contributed by atoms with Crippen molar-refractivity contribution in [3.63, 3.8) is 0 Å². The second-order valence-corrected chi connectivity index (χ2v) is 9.19. The highest BCUT2D eigenvalue weighted by molar-refractivity contribution is 8.19. The van der Waals surface area contributed by atoms with E-state index in [1.54, 1.807) is 42.8 Å². The molecule has 2 aromatic rings. The summed E-state index contributed by atoms with van der Waals surface area (Å²) >= 11 is 3.32. The number of oxime groups is 1. The highest BCUT2D eigenvalue weighted by Gasteiger charge is 2.43. The van der Waals surface area contributed by atoms with Crippen LogP contribution < -0.4 is 0 Å². The van der Waals surface area contributed by atoms with Crippen LogP contribution in [0.25, 0.3) is 0 Å². The molecule has 0 bridgehead atoms. The van der Waals surface area contributed by atoms with Gasteiger partial charge in [0.05, 0.1) is 5.71 Å². The van der Waals surface area contributed by atoms with Crippen LogP contribution in [0.15, 0.2) is 59.1 Å². The molecular weight excluding hydrogens is 381 g/mol. The molecule has 1 N–H and O–H groups in total. The van der Waals surface area contributed by atoms with E-state index in [9.17, 15) is 9.50 Å². The predicted molar refractivity (Wildman–Crippen MR) is 111 cm³/mol. The van der Waals surface area contributed by atoms with E-state index in [0.29, 0.717) is 5.56 Å². The zero-order valence-electron chi connectivity index (χ0n) is 14.9. The number of rotatable bonds is 4. The average molecular weight is 402 g/mol. The number of aliphatic hydroxyl groups excluding tert-OH is 1. The number of hydrogen-bond donors (Lipinski definition) is 1. The molecule has 2 aliphatic rings. The molecule has 0 saturated heterocycles. The maximum atomic E-state index is 13.3. The van der Waals surface area contributed by atoms with Crippen LogP contribution in [0.5, 0.6) is 0 Å². The summed E-state index contributed by atoms with van der Waals surface area (Å²) in [7, 11) is 1.56. The molecule has 0 radical (unpaired) electrons. The van der Waals surface area contributed by atoms with Crippen molar-refractivity contribution in [3.8, 4) is 0 Å². The lowest BCUT2D eigenvalue weighted by molar-refractivity contribution is 0.163. The fourth-order valence-electron chi connectivity index (χ4n) is 3.60. The summed E-state index contributed by atoms with van der Waals surface area (Å²) < 4.78 is 12.8. The van der Waals surface area contributed by atoms with Crippen molar-refractivity contribution in [1.82, 2.24) is 0 Å². The van der Waals surface area contributed by atoms with Gasteiger partial charge in [0, 0.05) is 11.3 Å². The molecule has 0 amide bonds. The van der Waals surface area contributed by atoms with E-state index in [0.717, 1.165) is 35.4 Å².